The van der Waals surface area contributed by atoms with Crippen molar-refractivity contribution in [1.29, 1.82) is 0 Å². The van der Waals surface area contributed by atoms with Crippen molar-refractivity contribution < 1.29 is 119 Å². The van der Waals surface area contributed by atoms with Crippen LogP contribution in [0.2, 0.25) is 21.3 Å². The number of hydrogen-bond acceptors (Lipinski definition) is 24. The highest BCUT2D eigenvalue weighted by Crippen LogP contribution is 2.81. The van der Waals surface area contributed by atoms with E-state index in [1.54, 1.807) is 13.0 Å². The summed E-state index contributed by atoms with van der Waals surface area (Å²) in [6.45, 7) is 0.760. The zero-order chi connectivity index (χ0) is 58.4. The van der Waals surface area contributed by atoms with Crippen LogP contribution in [0, 0.1) is 23.2 Å². The molecule has 0 aromatic heterocycles. The van der Waals surface area contributed by atoms with E-state index in [2.05, 4.69) is 0 Å². The van der Waals surface area contributed by atoms with Crippen molar-refractivity contribution in [2.45, 2.75) is 208 Å². The number of esters is 2. The van der Waals surface area contributed by atoms with Gasteiger partial charge in [0.2, 0.25) is 0 Å². The zero-order valence-corrected chi connectivity index (χ0v) is 44.7. The second-order valence-corrected chi connectivity index (χ2v) is 23.8. The van der Waals surface area contributed by atoms with Crippen molar-refractivity contribution in [2.75, 3.05) is 26.4 Å². The van der Waals surface area contributed by atoms with Crippen molar-refractivity contribution in [3.05, 3.63) is 23.3 Å². The van der Waals surface area contributed by atoms with Gasteiger partial charge in [0.05, 0.1) is 76.7 Å². The normalized spacial score (nSPS) is 51.8. The topological polar surface area (TPSA) is 388 Å². The first kappa shape index (κ1) is 62.9. The molecule has 3 heterocycles. The summed E-state index contributed by atoms with van der Waals surface area (Å²) in [5.41, 5.74) is -1.10. The van der Waals surface area contributed by atoms with Gasteiger partial charge in [0.25, 0.3) is 0 Å². The number of carbonyl (C=O) groups is 3. The molecule has 8 aliphatic rings. The molecule has 430 valence electrons. The van der Waals surface area contributed by atoms with E-state index in [-0.39, 0.29) is 50.5 Å². The first-order valence-electron chi connectivity index (χ1n) is 26.3. The van der Waals surface area contributed by atoms with Gasteiger partial charge in [-0.3, -0.25) is 4.79 Å². The van der Waals surface area contributed by atoms with E-state index in [9.17, 15) is 80.8 Å². The lowest BCUT2D eigenvalue weighted by atomic mass is 9.21. The minimum Gasteiger partial charge on any atom is -0.479 e. The van der Waals surface area contributed by atoms with Crippen molar-refractivity contribution in [3.8, 4) is 0 Å². The zero-order valence-electron chi connectivity index (χ0n) is 43.8. The van der Waals surface area contributed by atoms with Crippen LogP contribution in [0.15, 0.2) is 23.3 Å². The number of fused-ring (bicyclic) bond motifs is 7. The average Bonchev–Trinajstić information content (AvgIpc) is 3.39. The largest absolute Gasteiger partial charge is 0.479 e. The van der Waals surface area contributed by atoms with Crippen LogP contribution < -0.4 is 0 Å². The lowest BCUT2D eigenvalue weighted by molar-refractivity contribution is -0.388. The minimum absolute atomic E-state index is 0.00513. The predicted octanol–water partition coefficient (Wildman–Crippen LogP) is -5.27. The van der Waals surface area contributed by atoms with Crippen LogP contribution in [0.3, 0.4) is 0 Å². The van der Waals surface area contributed by atoms with Gasteiger partial charge in [0.1, 0.15) is 79.4 Å². The van der Waals surface area contributed by atoms with Gasteiger partial charge in [-0.1, -0.05) is 47.6 Å². The molecule has 0 spiro atoms. The van der Waals surface area contributed by atoms with Gasteiger partial charge >= 0.3 is 17.9 Å². The molecule has 3 aliphatic heterocycles. The molecule has 28 atom stereocenters. The first-order chi connectivity index (χ1) is 36.9. The highest BCUT2D eigenvalue weighted by molar-refractivity contribution is 7.83. The van der Waals surface area contributed by atoms with Gasteiger partial charge in [-0.25, -0.2) is 9.59 Å². The number of ether oxygens (including phenoxy) is 8. The molecule has 13 N–H and O–H groups in total. The number of aliphatic hydroxyl groups is 12. The van der Waals surface area contributed by atoms with Crippen LogP contribution in [-0.4, -0.2) is 271 Å². The maximum absolute atomic E-state index is 13.3. The Bertz CT molecular complexity index is 2320. The number of carboxylic acid groups (broad SMARTS) is 1. The third-order valence-corrected chi connectivity index (χ3v) is 19.4. The second-order valence-electron chi connectivity index (χ2n) is 23.0. The quantitative estimate of drug-likeness (QED) is 0.0193. The standard InChI is InChI=1S/C49H69B5O24S/c1-4-17(2)40(70)78-38-37(71-18(3)59)44(15-57)20(11-49(38,54)79)19-5-6-24-45(50)9-8-26(46(51,16-58)23(45)7-10-47(24,52)48(19,53)12-25(44)60)74-43-35(76-42-32(66)30(64)28(62)22(14-56)73-42)33(67)34(36(77-43)39(68)69)75-41-31(65)29(63)27(61)21(13-55)72-41/h4-5,20-38,41-43,55-58,60-67,79H,6-16H2,1-3H3,(H,68,69)/b17-4-/t20?,21?,22?,23?,24?,25-,26+,27?,28?,29?,30?,31?,32?,33?,34?,35?,36?,37+,38+,41?,42?,43?,44+,45-,46+,47+,48+,49-/m1/s1. The minimum atomic E-state index is -2.28. The van der Waals surface area contributed by atoms with Crippen LogP contribution in [0.1, 0.15) is 65.7 Å². The summed E-state index contributed by atoms with van der Waals surface area (Å²) in [4.78, 5) is 39.2. The fourth-order valence-corrected chi connectivity index (χ4v) is 14.8. The van der Waals surface area contributed by atoms with Crippen molar-refractivity contribution in [1.82, 2.24) is 0 Å². The van der Waals surface area contributed by atoms with Crippen molar-refractivity contribution >= 4 is 69.8 Å². The fraction of sp³-hybridized carbons (Fsp3) is 0.857. The molecule has 0 bridgehead atoms. The molecule has 30 heteroatoms. The predicted molar refractivity (Wildman–Crippen MR) is 274 cm³/mol. The summed E-state index contributed by atoms with van der Waals surface area (Å²) in [6.07, 6.45) is -33.2. The van der Waals surface area contributed by atoms with Gasteiger partial charge in [0, 0.05) is 23.8 Å². The lowest BCUT2D eigenvalue weighted by Gasteiger charge is -2.74. The van der Waals surface area contributed by atoms with Crippen molar-refractivity contribution in [2.24, 2.45) is 23.2 Å². The molecular weight excluding hydrogens is 1060 g/mol. The summed E-state index contributed by atoms with van der Waals surface area (Å²) < 4.78 is 45.2. The third-order valence-electron chi connectivity index (χ3n) is 18.9. The number of aliphatic hydroxyl groups excluding tert-OH is 12. The number of carbonyl (C=O) groups excluding carboxylic acids is 2. The van der Waals surface area contributed by atoms with E-state index in [1.807, 2.05) is 0 Å². The van der Waals surface area contributed by atoms with E-state index in [0.717, 1.165) is 6.92 Å². The number of aliphatic carboxylic acids is 1. The molecule has 24 nitrogen and oxygen atoms in total. The molecule has 18 unspecified atom stereocenters. The fourth-order valence-electron chi connectivity index (χ4n) is 14.5. The Hall–Kier alpha value is -2.16. The van der Waals surface area contributed by atoms with Crippen LogP contribution in [0.5, 0.6) is 0 Å². The van der Waals surface area contributed by atoms with E-state index in [0.29, 0.717) is 5.57 Å². The molecule has 10 radical (unpaired) electrons. The Balaban J connectivity index is 1.12. The number of rotatable bonds is 14. The Morgan fingerprint density at radius 1 is 0.696 bits per heavy atom. The maximum atomic E-state index is 13.3. The molecule has 4 saturated carbocycles. The molecule has 7 fully saturated rings. The summed E-state index contributed by atoms with van der Waals surface area (Å²) in [5.74, 6) is -6.13. The molecular formula is C49H69B5O24S. The summed E-state index contributed by atoms with van der Waals surface area (Å²) in [6, 6.07) is 0. The summed E-state index contributed by atoms with van der Waals surface area (Å²) in [7, 11) is 37.0. The Morgan fingerprint density at radius 3 is 1.80 bits per heavy atom. The van der Waals surface area contributed by atoms with E-state index in [1.165, 1.54) is 13.0 Å². The maximum Gasteiger partial charge on any atom is 0.335 e. The number of hydrogen-bond donors (Lipinski definition) is 14. The number of allylic oxidation sites excluding steroid dienone is 3. The molecule has 8 rings (SSSR count). The third kappa shape index (κ3) is 10.2. The lowest BCUT2D eigenvalue weighted by Crippen LogP contribution is -2.72. The van der Waals surface area contributed by atoms with Crippen LogP contribution in [-0.2, 0) is 52.3 Å². The molecule has 0 aromatic rings. The summed E-state index contributed by atoms with van der Waals surface area (Å²) >= 11 is 4.78. The van der Waals surface area contributed by atoms with Gasteiger partial charge in [-0.2, -0.15) is 12.6 Å². The van der Waals surface area contributed by atoms with Gasteiger partial charge < -0.3 is 104 Å². The van der Waals surface area contributed by atoms with Gasteiger partial charge in [0.15, 0.2) is 25.0 Å². The van der Waals surface area contributed by atoms with Gasteiger partial charge in [-0.15, -0.1) is 0 Å². The van der Waals surface area contributed by atoms with Crippen molar-refractivity contribution in [3.63, 3.8) is 0 Å². The monoisotopic (exact) mass is 1130 g/mol. The average molecular weight is 1130 g/mol. The van der Waals surface area contributed by atoms with E-state index in [4.69, 9.17) is 89.8 Å². The number of carboxylic acids is 1. The Labute approximate surface area is 467 Å². The van der Waals surface area contributed by atoms with Crippen LogP contribution in [0.25, 0.3) is 0 Å². The molecule has 3 saturated heterocycles. The van der Waals surface area contributed by atoms with E-state index >= 15 is 0 Å². The smallest absolute Gasteiger partial charge is 0.335 e. The van der Waals surface area contributed by atoms with Crippen LogP contribution in [0.4, 0.5) is 0 Å². The van der Waals surface area contributed by atoms with E-state index < -0.39 is 210 Å². The summed E-state index contributed by atoms with van der Waals surface area (Å²) in [5, 5.41) is 135. The SMILES string of the molecule is [B][C@]12CC[C@H](OC3OC(C(=O)O)C(OC4OC(CO)C(O)C(O)C4O)C(O)C3OC3OC(CO)C(O)C(O)C3O)[C@]([B])(CO)C1CC[C@]1([B])C2CC=C2C3C[C@@]([B])(S)[C@@H](OC(=O)/C(C)=C\C)[C@H](OC(C)=O)[C@]3(CO)[C@H](O)C[C@]21[B]. The number of thiol groups is 1. The van der Waals surface area contributed by atoms with Gasteiger partial charge in [-0.05, 0) is 67.9 Å². The Morgan fingerprint density at radius 2 is 1.28 bits per heavy atom. The molecule has 5 aliphatic carbocycles. The highest BCUT2D eigenvalue weighted by atomic mass is 32.1. The molecule has 0 aromatic carbocycles. The highest BCUT2D eigenvalue weighted by Gasteiger charge is 2.73. The second kappa shape index (κ2) is 23.0. The Kier molecular flexibility index (Phi) is 18.3. The molecule has 0 amide bonds. The molecule has 79 heavy (non-hydrogen) atoms. The van der Waals surface area contributed by atoms with Crippen LogP contribution >= 0.6 is 12.6 Å². The first-order valence-corrected chi connectivity index (χ1v) is 26.8.